The number of hydrogen-bond donors (Lipinski definition) is 2. The molecule has 1 heterocycles. The van der Waals surface area contributed by atoms with Crippen molar-refractivity contribution in [2.24, 2.45) is 0 Å². The number of nitrogens with zero attached hydrogens (tertiary/aromatic N) is 1. The lowest BCUT2D eigenvalue weighted by Crippen LogP contribution is -1.89. The maximum atomic E-state index is 9.37. The highest BCUT2D eigenvalue weighted by atomic mass is 16.3. The number of hydrogen-bond acceptors (Lipinski definition) is 2. The highest BCUT2D eigenvalue weighted by Crippen LogP contribution is 2.29. The van der Waals surface area contributed by atoms with E-state index in [4.69, 9.17) is 5.26 Å². The molecule has 0 aliphatic rings. The average molecular weight is 200 g/mol. The Labute approximate surface area is 88.0 Å². The van der Waals surface area contributed by atoms with Crippen LogP contribution in [0, 0.1) is 11.3 Å². The fourth-order valence-electron chi connectivity index (χ4n) is 1.75. The van der Waals surface area contributed by atoms with E-state index in [1.807, 2.05) is 13.8 Å². The third kappa shape index (κ3) is 1.44. The molecule has 3 heteroatoms. The maximum Gasteiger partial charge on any atom is 0.116 e. The number of phenolic OH excluding ortho intramolecular Hbond substituents is 1. The molecular weight excluding hydrogens is 188 g/mol. The SMILES string of the molecule is CC(C)c1[nH]c2ccc(O)cc2c1C#N. The van der Waals surface area contributed by atoms with Crippen molar-refractivity contribution in [2.75, 3.05) is 0 Å². The smallest absolute Gasteiger partial charge is 0.116 e. The Balaban J connectivity index is 2.81. The fourth-order valence-corrected chi connectivity index (χ4v) is 1.75. The summed E-state index contributed by atoms with van der Waals surface area (Å²) < 4.78 is 0. The Morgan fingerprint density at radius 2 is 2.13 bits per heavy atom. The molecule has 2 rings (SSSR count). The van der Waals surface area contributed by atoms with Gasteiger partial charge in [0.15, 0.2) is 0 Å². The van der Waals surface area contributed by atoms with Gasteiger partial charge in [-0.1, -0.05) is 13.8 Å². The van der Waals surface area contributed by atoms with E-state index in [9.17, 15) is 5.11 Å². The first-order valence-electron chi connectivity index (χ1n) is 4.88. The number of aromatic nitrogens is 1. The van der Waals surface area contributed by atoms with Crippen molar-refractivity contribution < 1.29 is 5.11 Å². The summed E-state index contributed by atoms with van der Waals surface area (Å²) in [5.74, 6) is 0.461. The minimum Gasteiger partial charge on any atom is -0.508 e. The van der Waals surface area contributed by atoms with Crippen LogP contribution in [-0.4, -0.2) is 10.1 Å². The number of aromatic amines is 1. The molecule has 0 bridgehead atoms. The summed E-state index contributed by atoms with van der Waals surface area (Å²) in [5, 5.41) is 19.3. The topological polar surface area (TPSA) is 59.8 Å². The van der Waals surface area contributed by atoms with Gasteiger partial charge in [-0.3, -0.25) is 0 Å². The molecule has 0 spiro atoms. The second-order valence-corrected chi connectivity index (χ2v) is 3.91. The predicted octanol–water partition coefficient (Wildman–Crippen LogP) is 2.87. The lowest BCUT2D eigenvalue weighted by molar-refractivity contribution is 0.476. The first-order chi connectivity index (χ1) is 7.13. The van der Waals surface area contributed by atoms with Gasteiger partial charge in [0.25, 0.3) is 0 Å². The molecule has 0 fully saturated rings. The van der Waals surface area contributed by atoms with Crippen molar-refractivity contribution >= 4 is 10.9 Å². The normalized spacial score (nSPS) is 10.8. The number of phenols is 1. The summed E-state index contributed by atoms with van der Waals surface area (Å²) in [4.78, 5) is 3.21. The van der Waals surface area contributed by atoms with Gasteiger partial charge < -0.3 is 10.1 Å². The van der Waals surface area contributed by atoms with Gasteiger partial charge in [0.2, 0.25) is 0 Å². The molecule has 2 N–H and O–H groups in total. The van der Waals surface area contributed by atoms with Gasteiger partial charge in [-0.25, -0.2) is 0 Å². The highest BCUT2D eigenvalue weighted by Gasteiger charge is 2.13. The Morgan fingerprint density at radius 1 is 1.40 bits per heavy atom. The summed E-state index contributed by atoms with van der Waals surface area (Å²) in [6.45, 7) is 4.07. The van der Waals surface area contributed by atoms with Crippen LogP contribution in [0.4, 0.5) is 0 Å². The zero-order valence-corrected chi connectivity index (χ0v) is 8.70. The summed E-state index contributed by atoms with van der Waals surface area (Å²) >= 11 is 0. The molecule has 3 nitrogen and oxygen atoms in total. The molecule has 0 atom stereocenters. The van der Waals surface area contributed by atoms with Crippen LogP contribution in [0.2, 0.25) is 0 Å². The van der Waals surface area contributed by atoms with Crippen LogP contribution in [0.3, 0.4) is 0 Å². The summed E-state index contributed by atoms with van der Waals surface area (Å²) in [5.41, 5.74) is 2.46. The molecule has 0 aliphatic carbocycles. The zero-order chi connectivity index (χ0) is 11.0. The van der Waals surface area contributed by atoms with E-state index in [0.717, 1.165) is 16.6 Å². The third-order valence-corrected chi connectivity index (χ3v) is 2.50. The van der Waals surface area contributed by atoms with E-state index in [1.165, 1.54) is 0 Å². The molecule has 1 aromatic carbocycles. The van der Waals surface area contributed by atoms with Crippen LogP contribution < -0.4 is 0 Å². The van der Waals surface area contributed by atoms with Gasteiger partial charge in [-0.05, 0) is 24.1 Å². The van der Waals surface area contributed by atoms with Crippen molar-refractivity contribution in [1.82, 2.24) is 4.98 Å². The lowest BCUT2D eigenvalue weighted by Gasteiger charge is -2.00. The maximum absolute atomic E-state index is 9.37. The standard InChI is InChI=1S/C12H12N2O/c1-7(2)12-10(6-13)9-5-8(15)3-4-11(9)14-12/h3-5,7,14-15H,1-2H3. The minimum absolute atomic E-state index is 0.188. The second kappa shape index (κ2) is 3.32. The molecule has 76 valence electrons. The first kappa shape index (κ1) is 9.60. The number of nitrogens with one attached hydrogen (secondary N) is 1. The molecule has 15 heavy (non-hydrogen) atoms. The molecule has 0 unspecified atom stereocenters. The average Bonchev–Trinajstić information content (AvgIpc) is 2.55. The van der Waals surface area contributed by atoms with Crippen molar-refractivity contribution in [3.63, 3.8) is 0 Å². The number of rotatable bonds is 1. The second-order valence-electron chi connectivity index (χ2n) is 3.91. The Hall–Kier alpha value is -1.95. The number of fused-ring (bicyclic) bond motifs is 1. The van der Waals surface area contributed by atoms with Crippen molar-refractivity contribution in [1.29, 1.82) is 5.26 Å². The van der Waals surface area contributed by atoms with Gasteiger partial charge in [-0.15, -0.1) is 0 Å². The Kier molecular flexibility index (Phi) is 2.12. The summed E-state index contributed by atoms with van der Waals surface area (Å²) in [6, 6.07) is 7.21. The number of benzene rings is 1. The summed E-state index contributed by atoms with van der Waals surface area (Å²) in [7, 11) is 0. The zero-order valence-electron chi connectivity index (χ0n) is 8.70. The van der Waals surface area contributed by atoms with E-state index in [-0.39, 0.29) is 11.7 Å². The molecule has 0 saturated heterocycles. The van der Waals surface area contributed by atoms with Crippen LogP contribution in [0.25, 0.3) is 10.9 Å². The van der Waals surface area contributed by atoms with Gasteiger partial charge in [-0.2, -0.15) is 5.26 Å². The number of nitriles is 1. The van der Waals surface area contributed by atoms with E-state index >= 15 is 0 Å². The third-order valence-electron chi connectivity index (χ3n) is 2.50. The van der Waals surface area contributed by atoms with Crippen molar-refractivity contribution in [3.05, 3.63) is 29.5 Å². The molecule has 0 aliphatic heterocycles. The van der Waals surface area contributed by atoms with Gasteiger partial charge in [0, 0.05) is 16.6 Å². The number of H-pyrrole nitrogens is 1. The fraction of sp³-hybridized carbons (Fsp3) is 0.250. The largest absolute Gasteiger partial charge is 0.508 e. The van der Waals surface area contributed by atoms with Crippen LogP contribution >= 0.6 is 0 Å². The Morgan fingerprint density at radius 3 is 2.73 bits per heavy atom. The van der Waals surface area contributed by atoms with Crippen molar-refractivity contribution in [2.45, 2.75) is 19.8 Å². The first-order valence-corrected chi connectivity index (χ1v) is 4.88. The van der Waals surface area contributed by atoms with Gasteiger partial charge in [0.1, 0.15) is 11.8 Å². The van der Waals surface area contributed by atoms with E-state index in [1.54, 1.807) is 18.2 Å². The van der Waals surface area contributed by atoms with Gasteiger partial charge in [0.05, 0.1) is 5.56 Å². The molecule has 0 saturated carbocycles. The monoisotopic (exact) mass is 200 g/mol. The predicted molar refractivity (Wildman–Crippen MR) is 58.8 cm³/mol. The van der Waals surface area contributed by atoms with Gasteiger partial charge >= 0.3 is 0 Å². The van der Waals surface area contributed by atoms with Crippen LogP contribution in [0.5, 0.6) is 5.75 Å². The molecular formula is C12H12N2O. The molecule has 1 aromatic heterocycles. The van der Waals surface area contributed by atoms with E-state index in [0.29, 0.717) is 5.56 Å². The van der Waals surface area contributed by atoms with Crippen LogP contribution in [0.1, 0.15) is 31.0 Å². The molecule has 0 radical (unpaired) electrons. The Bertz CT molecular complexity index is 546. The molecule has 2 aromatic rings. The lowest BCUT2D eigenvalue weighted by atomic mass is 10.0. The van der Waals surface area contributed by atoms with E-state index < -0.39 is 0 Å². The van der Waals surface area contributed by atoms with Crippen molar-refractivity contribution in [3.8, 4) is 11.8 Å². The minimum atomic E-state index is 0.188. The van der Waals surface area contributed by atoms with Crippen LogP contribution in [-0.2, 0) is 0 Å². The van der Waals surface area contributed by atoms with E-state index in [2.05, 4.69) is 11.1 Å². The molecule has 0 amide bonds. The quantitative estimate of drug-likeness (QED) is 0.743. The van der Waals surface area contributed by atoms with Crippen LogP contribution in [0.15, 0.2) is 18.2 Å². The summed E-state index contributed by atoms with van der Waals surface area (Å²) in [6.07, 6.45) is 0. The highest BCUT2D eigenvalue weighted by molar-refractivity contribution is 5.88. The number of aromatic hydroxyl groups is 1.